The highest BCUT2D eigenvalue weighted by atomic mass is 79.9. The van der Waals surface area contributed by atoms with E-state index in [1.807, 2.05) is 30.3 Å². The predicted octanol–water partition coefficient (Wildman–Crippen LogP) is 2.31. The topological polar surface area (TPSA) is 94.1 Å². The van der Waals surface area contributed by atoms with Crippen LogP contribution in [-0.4, -0.2) is 51.3 Å². The Morgan fingerprint density at radius 1 is 1.09 bits per heavy atom. The molecule has 1 unspecified atom stereocenters. The molecule has 1 aliphatic heterocycles. The van der Waals surface area contributed by atoms with Crippen molar-refractivity contribution < 1.29 is 28.7 Å². The fraction of sp³-hybridized carbons (Fsp3) is 0.304. The Balaban J connectivity index is 1.53. The van der Waals surface area contributed by atoms with E-state index in [1.165, 1.54) is 12.7 Å². The molecular weight excluding hydrogens is 478 g/mol. The lowest BCUT2D eigenvalue weighted by molar-refractivity contribution is -0.907. The molecule has 1 aromatic heterocycles. The van der Waals surface area contributed by atoms with Crippen LogP contribution in [0.15, 0.2) is 34.8 Å². The molecule has 0 bridgehead atoms. The number of quaternary nitrogens is 1. The fourth-order valence-corrected chi connectivity index (χ4v) is 4.50. The van der Waals surface area contributed by atoms with Crippen LogP contribution in [0.3, 0.4) is 0 Å². The second-order valence-corrected chi connectivity index (χ2v) is 8.60. The van der Waals surface area contributed by atoms with Crippen molar-refractivity contribution in [2.75, 3.05) is 39.7 Å². The smallest absolute Gasteiger partial charge is 0.356 e. The summed E-state index contributed by atoms with van der Waals surface area (Å²) in [4.78, 5) is 29.4. The molecule has 0 spiro atoms. The van der Waals surface area contributed by atoms with E-state index in [4.69, 9.17) is 14.2 Å². The van der Waals surface area contributed by atoms with Crippen molar-refractivity contribution in [2.45, 2.75) is 13.0 Å². The lowest BCUT2D eigenvalue weighted by atomic mass is 9.99. The molecule has 1 amide bonds. The molecule has 32 heavy (non-hydrogen) atoms. The van der Waals surface area contributed by atoms with E-state index >= 15 is 0 Å². The SMILES string of the molecule is COC(=O)c1[nH]c2ccc(Br)cc2c1NC(=O)C[NH+]1CCc2cc(OC)c(OC)cc2C1. The lowest BCUT2D eigenvalue weighted by Gasteiger charge is -2.26. The van der Waals surface area contributed by atoms with Crippen molar-refractivity contribution in [1.29, 1.82) is 0 Å². The van der Waals surface area contributed by atoms with Gasteiger partial charge in [-0.05, 0) is 35.9 Å². The van der Waals surface area contributed by atoms with Crippen molar-refractivity contribution in [1.82, 2.24) is 4.98 Å². The number of anilines is 1. The minimum absolute atomic E-state index is 0.171. The number of benzene rings is 2. The number of esters is 1. The number of carbonyl (C=O) groups excluding carboxylic acids is 2. The van der Waals surface area contributed by atoms with Crippen molar-refractivity contribution in [3.63, 3.8) is 0 Å². The summed E-state index contributed by atoms with van der Waals surface area (Å²) in [5.74, 6) is 0.695. The Bertz CT molecular complexity index is 1190. The average molecular weight is 503 g/mol. The third-order valence-electron chi connectivity index (χ3n) is 5.72. The zero-order valence-corrected chi connectivity index (χ0v) is 19.7. The second kappa shape index (κ2) is 9.22. The molecule has 0 fully saturated rings. The molecule has 3 N–H and O–H groups in total. The maximum Gasteiger partial charge on any atom is 0.356 e. The molecule has 4 rings (SSSR count). The van der Waals surface area contributed by atoms with E-state index in [9.17, 15) is 9.59 Å². The molecule has 2 heterocycles. The van der Waals surface area contributed by atoms with Crippen molar-refractivity contribution in [3.8, 4) is 11.5 Å². The number of amides is 1. The molecule has 2 aromatic carbocycles. The van der Waals surface area contributed by atoms with Gasteiger partial charge in [-0.1, -0.05) is 15.9 Å². The highest BCUT2D eigenvalue weighted by Crippen LogP contribution is 2.32. The van der Waals surface area contributed by atoms with E-state index in [0.717, 1.165) is 38.8 Å². The Kier molecular flexibility index (Phi) is 6.38. The van der Waals surface area contributed by atoms with Gasteiger partial charge in [0.2, 0.25) is 0 Å². The van der Waals surface area contributed by atoms with E-state index in [0.29, 0.717) is 23.7 Å². The average Bonchev–Trinajstić information content (AvgIpc) is 3.14. The quantitative estimate of drug-likeness (QED) is 0.449. The zero-order valence-electron chi connectivity index (χ0n) is 18.1. The number of halogens is 1. The minimum Gasteiger partial charge on any atom is -0.493 e. The zero-order chi connectivity index (χ0) is 22.8. The molecule has 3 aromatic rings. The van der Waals surface area contributed by atoms with Gasteiger partial charge in [-0.3, -0.25) is 4.79 Å². The summed E-state index contributed by atoms with van der Waals surface area (Å²) in [6.07, 6.45) is 0.839. The molecule has 168 valence electrons. The van der Waals surface area contributed by atoms with Gasteiger partial charge in [0.05, 0.1) is 33.6 Å². The van der Waals surface area contributed by atoms with E-state index in [2.05, 4.69) is 26.2 Å². The van der Waals surface area contributed by atoms with Gasteiger partial charge in [0, 0.05) is 27.4 Å². The first-order valence-electron chi connectivity index (χ1n) is 10.2. The summed E-state index contributed by atoms with van der Waals surface area (Å²) >= 11 is 3.45. The van der Waals surface area contributed by atoms with Gasteiger partial charge in [-0.15, -0.1) is 0 Å². The summed E-state index contributed by atoms with van der Waals surface area (Å²) in [5, 5.41) is 3.67. The normalized spacial score (nSPS) is 15.2. The van der Waals surface area contributed by atoms with Crippen molar-refractivity contribution in [2.24, 2.45) is 0 Å². The van der Waals surface area contributed by atoms with Crippen LogP contribution in [0.5, 0.6) is 11.5 Å². The number of methoxy groups -OCH3 is 3. The molecule has 9 heteroatoms. The predicted molar refractivity (Wildman–Crippen MR) is 124 cm³/mol. The lowest BCUT2D eigenvalue weighted by Crippen LogP contribution is -3.12. The maximum atomic E-state index is 13.0. The Morgan fingerprint density at radius 2 is 1.81 bits per heavy atom. The number of rotatable bonds is 6. The van der Waals surface area contributed by atoms with Crippen molar-refractivity contribution >= 4 is 44.4 Å². The number of hydrogen-bond donors (Lipinski definition) is 3. The van der Waals surface area contributed by atoms with E-state index in [1.54, 1.807) is 14.2 Å². The summed E-state index contributed by atoms with van der Waals surface area (Å²) in [7, 11) is 4.55. The summed E-state index contributed by atoms with van der Waals surface area (Å²) in [5.41, 5.74) is 3.75. The van der Waals surface area contributed by atoms with Gasteiger partial charge < -0.3 is 29.4 Å². The first-order chi connectivity index (χ1) is 15.4. The summed E-state index contributed by atoms with van der Waals surface area (Å²) in [6, 6.07) is 9.56. The number of H-pyrrole nitrogens is 1. The maximum absolute atomic E-state index is 13.0. The van der Waals surface area contributed by atoms with Crippen LogP contribution in [0.2, 0.25) is 0 Å². The third kappa shape index (κ3) is 4.31. The molecule has 0 radical (unpaired) electrons. The Hall–Kier alpha value is -3.04. The molecule has 0 aliphatic carbocycles. The molecule has 0 saturated heterocycles. The largest absolute Gasteiger partial charge is 0.493 e. The number of nitrogens with one attached hydrogen (secondary N) is 3. The van der Waals surface area contributed by atoms with Gasteiger partial charge in [-0.25, -0.2) is 4.79 Å². The second-order valence-electron chi connectivity index (χ2n) is 7.68. The number of hydrogen-bond acceptors (Lipinski definition) is 5. The number of aromatic amines is 1. The highest BCUT2D eigenvalue weighted by molar-refractivity contribution is 9.10. The van der Waals surface area contributed by atoms with Crippen LogP contribution in [0, 0.1) is 0 Å². The van der Waals surface area contributed by atoms with Gasteiger partial charge >= 0.3 is 5.97 Å². The van der Waals surface area contributed by atoms with Gasteiger partial charge in [0.15, 0.2) is 18.0 Å². The number of fused-ring (bicyclic) bond motifs is 2. The van der Waals surface area contributed by atoms with Crippen molar-refractivity contribution in [3.05, 3.63) is 51.6 Å². The van der Waals surface area contributed by atoms with Gasteiger partial charge in [-0.2, -0.15) is 0 Å². The number of aromatic nitrogens is 1. The van der Waals surface area contributed by atoms with Crippen LogP contribution in [-0.2, 0) is 22.5 Å². The molecule has 1 aliphatic rings. The standard InChI is InChI=1S/C23H24BrN3O5/c1-30-18-8-13-6-7-27(11-14(13)9-19(18)31-2)12-20(28)26-21-16-10-15(24)4-5-17(16)25-22(21)23(29)32-3/h4-5,8-10,25H,6-7,11-12H2,1-3H3,(H,26,28)/p+1. The summed E-state index contributed by atoms with van der Waals surface area (Å²) < 4.78 is 16.5. The minimum atomic E-state index is -0.534. The van der Waals surface area contributed by atoms with Crippen LogP contribution >= 0.6 is 15.9 Å². The van der Waals surface area contributed by atoms with Crippen LogP contribution < -0.4 is 19.7 Å². The number of ether oxygens (including phenoxy) is 3. The summed E-state index contributed by atoms with van der Waals surface area (Å²) in [6.45, 7) is 1.79. The van der Waals surface area contributed by atoms with Crippen LogP contribution in [0.1, 0.15) is 21.6 Å². The first kappa shape index (κ1) is 22.2. The highest BCUT2D eigenvalue weighted by Gasteiger charge is 2.26. The van der Waals surface area contributed by atoms with Gasteiger partial charge in [0.1, 0.15) is 12.2 Å². The number of carbonyl (C=O) groups is 2. The van der Waals surface area contributed by atoms with E-state index in [-0.39, 0.29) is 18.1 Å². The molecule has 1 atom stereocenters. The fourth-order valence-electron chi connectivity index (χ4n) is 4.14. The van der Waals surface area contributed by atoms with Gasteiger partial charge in [0.25, 0.3) is 5.91 Å². The Morgan fingerprint density at radius 3 is 2.50 bits per heavy atom. The monoisotopic (exact) mass is 502 g/mol. The molecule has 0 saturated carbocycles. The van der Waals surface area contributed by atoms with E-state index < -0.39 is 5.97 Å². The molecule has 8 nitrogen and oxygen atoms in total. The van der Waals surface area contributed by atoms with Crippen LogP contribution in [0.25, 0.3) is 10.9 Å². The van der Waals surface area contributed by atoms with Crippen LogP contribution in [0.4, 0.5) is 5.69 Å². The first-order valence-corrected chi connectivity index (χ1v) is 11.0. The molecular formula is C23H25BrN3O5+. The third-order valence-corrected chi connectivity index (χ3v) is 6.21. The Labute approximate surface area is 193 Å².